The van der Waals surface area contributed by atoms with Crippen LogP contribution in [-0.4, -0.2) is 50.7 Å². The summed E-state index contributed by atoms with van der Waals surface area (Å²) in [5.74, 6) is 1.28. The largest absolute Gasteiger partial charge is 0.497 e. The van der Waals surface area contributed by atoms with E-state index in [1.165, 1.54) is 25.9 Å². The molecular weight excluding hydrogens is 316 g/mol. The van der Waals surface area contributed by atoms with E-state index in [4.69, 9.17) is 9.47 Å². The molecule has 1 aromatic rings. The maximum atomic E-state index is 11.7. The lowest BCUT2D eigenvalue weighted by Crippen LogP contribution is -2.30. The van der Waals surface area contributed by atoms with Gasteiger partial charge in [0.2, 0.25) is 0 Å². The van der Waals surface area contributed by atoms with Crippen molar-refractivity contribution in [1.29, 1.82) is 0 Å². The van der Waals surface area contributed by atoms with E-state index in [-0.39, 0.29) is 24.9 Å². The van der Waals surface area contributed by atoms with E-state index in [2.05, 4.69) is 10.2 Å². The van der Waals surface area contributed by atoms with Crippen LogP contribution < -0.4 is 14.8 Å². The molecular formula is C17H27ClN2O3. The molecule has 130 valence electrons. The highest BCUT2D eigenvalue weighted by Crippen LogP contribution is 2.18. The molecule has 0 bridgehead atoms. The second kappa shape index (κ2) is 11.1. The summed E-state index contributed by atoms with van der Waals surface area (Å²) in [6.45, 7) is 4.38. The lowest BCUT2D eigenvalue weighted by Gasteiger charge is -2.14. The third-order valence-corrected chi connectivity index (χ3v) is 3.83. The summed E-state index contributed by atoms with van der Waals surface area (Å²) >= 11 is 0. The van der Waals surface area contributed by atoms with Crippen LogP contribution in [0.25, 0.3) is 0 Å². The minimum absolute atomic E-state index is 0. The normalized spacial score (nSPS) is 14.1. The van der Waals surface area contributed by atoms with Crippen LogP contribution in [0.5, 0.6) is 11.5 Å². The lowest BCUT2D eigenvalue weighted by atomic mass is 10.3. The average Bonchev–Trinajstić information content (AvgIpc) is 3.06. The van der Waals surface area contributed by atoms with Gasteiger partial charge in [0.25, 0.3) is 5.91 Å². The average molecular weight is 343 g/mol. The molecule has 1 saturated heterocycles. The number of hydrogen-bond donors (Lipinski definition) is 1. The maximum absolute atomic E-state index is 11.7. The van der Waals surface area contributed by atoms with Crippen molar-refractivity contribution >= 4 is 18.3 Å². The van der Waals surface area contributed by atoms with Crippen LogP contribution in [0, 0.1) is 0 Å². The zero-order chi connectivity index (χ0) is 15.6. The van der Waals surface area contributed by atoms with Crippen LogP contribution in [0.15, 0.2) is 24.3 Å². The van der Waals surface area contributed by atoms with Crippen LogP contribution in [0.1, 0.15) is 25.7 Å². The van der Waals surface area contributed by atoms with Gasteiger partial charge in [-0.25, -0.2) is 0 Å². The fourth-order valence-electron chi connectivity index (χ4n) is 2.59. The molecule has 0 saturated carbocycles. The molecule has 1 amide bonds. The fourth-order valence-corrected chi connectivity index (χ4v) is 2.59. The van der Waals surface area contributed by atoms with Gasteiger partial charge >= 0.3 is 0 Å². The van der Waals surface area contributed by atoms with E-state index in [0.717, 1.165) is 25.1 Å². The van der Waals surface area contributed by atoms with E-state index in [0.29, 0.717) is 12.3 Å². The number of amides is 1. The monoisotopic (exact) mass is 342 g/mol. The maximum Gasteiger partial charge on any atom is 0.257 e. The predicted octanol–water partition coefficient (Wildman–Crippen LogP) is 2.49. The minimum Gasteiger partial charge on any atom is -0.497 e. The Bertz CT molecular complexity index is 465. The zero-order valence-electron chi connectivity index (χ0n) is 13.8. The van der Waals surface area contributed by atoms with Crippen molar-refractivity contribution in [3.8, 4) is 11.5 Å². The molecule has 1 heterocycles. The van der Waals surface area contributed by atoms with Gasteiger partial charge in [-0.1, -0.05) is 6.07 Å². The highest BCUT2D eigenvalue weighted by Gasteiger charge is 2.10. The number of carbonyl (C=O) groups is 1. The summed E-state index contributed by atoms with van der Waals surface area (Å²) in [6, 6.07) is 7.26. The van der Waals surface area contributed by atoms with Crippen molar-refractivity contribution in [2.75, 3.05) is 39.9 Å². The Morgan fingerprint density at radius 1 is 1.22 bits per heavy atom. The molecule has 0 atom stereocenters. The van der Waals surface area contributed by atoms with Gasteiger partial charge in [-0.05, 0) is 57.5 Å². The van der Waals surface area contributed by atoms with Gasteiger partial charge in [0.05, 0.1) is 7.11 Å². The van der Waals surface area contributed by atoms with Gasteiger partial charge in [0.15, 0.2) is 6.61 Å². The zero-order valence-corrected chi connectivity index (χ0v) is 14.6. The molecule has 0 aromatic heterocycles. The van der Waals surface area contributed by atoms with Gasteiger partial charge in [0.1, 0.15) is 11.5 Å². The van der Waals surface area contributed by atoms with Gasteiger partial charge < -0.3 is 19.7 Å². The molecule has 0 spiro atoms. The van der Waals surface area contributed by atoms with E-state index in [1.807, 2.05) is 18.2 Å². The topological polar surface area (TPSA) is 50.8 Å². The van der Waals surface area contributed by atoms with E-state index >= 15 is 0 Å². The molecule has 6 heteroatoms. The molecule has 1 aromatic carbocycles. The van der Waals surface area contributed by atoms with Gasteiger partial charge in [0, 0.05) is 12.6 Å². The number of carbonyl (C=O) groups excluding carboxylic acids is 1. The number of likely N-dealkylation sites (tertiary alicyclic amines) is 1. The Labute approximate surface area is 144 Å². The Morgan fingerprint density at radius 3 is 2.70 bits per heavy atom. The first-order valence-corrected chi connectivity index (χ1v) is 8.04. The summed E-state index contributed by atoms with van der Waals surface area (Å²) in [6.07, 6.45) is 4.81. The second-order valence-corrected chi connectivity index (χ2v) is 5.57. The fraction of sp³-hybridized carbons (Fsp3) is 0.588. The standard InChI is InChI=1S/C17H26N2O3.ClH/c1-21-15-7-6-8-16(13-15)22-14-17(20)18-9-2-3-10-19-11-4-5-12-19;/h6-8,13H,2-5,9-12,14H2,1H3,(H,18,20);1H. The third-order valence-electron chi connectivity index (χ3n) is 3.83. The van der Waals surface area contributed by atoms with E-state index < -0.39 is 0 Å². The molecule has 1 fully saturated rings. The number of nitrogens with one attached hydrogen (secondary N) is 1. The molecule has 0 aliphatic carbocycles. The predicted molar refractivity (Wildman–Crippen MR) is 93.7 cm³/mol. The SMILES string of the molecule is COc1cccc(OCC(=O)NCCCCN2CCCC2)c1.Cl. The Kier molecular flexibility index (Phi) is 9.48. The minimum atomic E-state index is -0.0796. The molecule has 23 heavy (non-hydrogen) atoms. The van der Waals surface area contributed by atoms with Crippen LogP contribution in [0.4, 0.5) is 0 Å². The summed E-state index contributed by atoms with van der Waals surface area (Å²) in [7, 11) is 1.61. The molecule has 1 aliphatic heterocycles. The summed E-state index contributed by atoms with van der Waals surface area (Å²) in [4.78, 5) is 14.2. The number of ether oxygens (including phenoxy) is 2. The Morgan fingerprint density at radius 2 is 1.96 bits per heavy atom. The molecule has 0 radical (unpaired) electrons. The molecule has 1 aliphatic rings. The Balaban J connectivity index is 0.00000264. The van der Waals surface area contributed by atoms with Crippen molar-refractivity contribution < 1.29 is 14.3 Å². The number of benzene rings is 1. The number of unbranched alkanes of at least 4 members (excludes halogenated alkanes) is 1. The van der Waals surface area contributed by atoms with Crippen LogP contribution in [0.3, 0.4) is 0 Å². The van der Waals surface area contributed by atoms with Crippen molar-refractivity contribution in [3.05, 3.63) is 24.3 Å². The number of nitrogens with zero attached hydrogens (tertiary/aromatic N) is 1. The van der Waals surface area contributed by atoms with Crippen molar-refractivity contribution in [2.45, 2.75) is 25.7 Å². The summed E-state index contributed by atoms with van der Waals surface area (Å²) in [5, 5.41) is 2.89. The van der Waals surface area contributed by atoms with Gasteiger partial charge in [-0.15, -0.1) is 12.4 Å². The highest BCUT2D eigenvalue weighted by molar-refractivity contribution is 5.85. The molecule has 5 nitrogen and oxygen atoms in total. The van der Waals surface area contributed by atoms with Crippen LogP contribution in [-0.2, 0) is 4.79 Å². The first kappa shape index (κ1) is 19.6. The van der Waals surface area contributed by atoms with E-state index in [1.54, 1.807) is 13.2 Å². The van der Waals surface area contributed by atoms with E-state index in [9.17, 15) is 4.79 Å². The summed E-state index contributed by atoms with van der Waals surface area (Å²) < 4.78 is 10.6. The smallest absolute Gasteiger partial charge is 0.257 e. The second-order valence-electron chi connectivity index (χ2n) is 5.57. The Hall–Kier alpha value is -1.46. The number of hydrogen-bond acceptors (Lipinski definition) is 4. The van der Waals surface area contributed by atoms with Crippen molar-refractivity contribution in [2.24, 2.45) is 0 Å². The summed E-state index contributed by atoms with van der Waals surface area (Å²) in [5.41, 5.74) is 0. The van der Waals surface area contributed by atoms with Gasteiger partial charge in [-0.2, -0.15) is 0 Å². The van der Waals surface area contributed by atoms with Crippen molar-refractivity contribution in [1.82, 2.24) is 10.2 Å². The quantitative estimate of drug-likeness (QED) is 0.700. The van der Waals surface area contributed by atoms with Crippen LogP contribution >= 0.6 is 12.4 Å². The molecule has 2 rings (SSSR count). The molecule has 0 unspecified atom stereocenters. The van der Waals surface area contributed by atoms with Crippen LogP contribution in [0.2, 0.25) is 0 Å². The third kappa shape index (κ3) is 7.57. The lowest BCUT2D eigenvalue weighted by molar-refractivity contribution is -0.123. The first-order valence-electron chi connectivity index (χ1n) is 8.04. The highest BCUT2D eigenvalue weighted by atomic mass is 35.5. The molecule has 1 N–H and O–H groups in total. The number of methoxy groups -OCH3 is 1. The van der Waals surface area contributed by atoms with Gasteiger partial charge in [-0.3, -0.25) is 4.79 Å². The first-order chi connectivity index (χ1) is 10.8. The number of rotatable bonds is 9. The van der Waals surface area contributed by atoms with Crippen molar-refractivity contribution in [3.63, 3.8) is 0 Å². The number of halogens is 1.